The van der Waals surface area contributed by atoms with Crippen molar-refractivity contribution in [3.05, 3.63) is 65.1 Å². The molecule has 2 heterocycles. The van der Waals surface area contributed by atoms with E-state index in [0.717, 1.165) is 23.4 Å². The van der Waals surface area contributed by atoms with Crippen molar-refractivity contribution >= 4 is 11.6 Å². The molecule has 0 fully saturated rings. The van der Waals surface area contributed by atoms with Gasteiger partial charge in [0.1, 0.15) is 11.6 Å². The van der Waals surface area contributed by atoms with Crippen LogP contribution in [0.2, 0.25) is 0 Å². The van der Waals surface area contributed by atoms with E-state index in [0.29, 0.717) is 29.8 Å². The number of benzene rings is 2. The van der Waals surface area contributed by atoms with Crippen molar-refractivity contribution in [1.29, 1.82) is 0 Å². The van der Waals surface area contributed by atoms with Crippen LogP contribution in [0.5, 0.6) is 5.75 Å². The number of amides is 1. The summed E-state index contributed by atoms with van der Waals surface area (Å²) in [5.41, 5.74) is 3.47. The van der Waals surface area contributed by atoms with Gasteiger partial charge in [-0.1, -0.05) is 6.07 Å². The zero-order valence-electron chi connectivity index (χ0n) is 14.8. The number of fused-ring (bicyclic) bond motifs is 1. The van der Waals surface area contributed by atoms with Crippen LogP contribution in [0.3, 0.4) is 0 Å². The van der Waals surface area contributed by atoms with Crippen LogP contribution in [0.1, 0.15) is 21.5 Å². The van der Waals surface area contributed by atoms with Crippen molar-refractivity contribution in [1.82, 2.24) is 15.5 Å². The van der Waals surface area contributed by atoms with Gasteiger partial charge in [0.05, 0.1) is 30.3 Å². The molecule has 3 N–H and O–H groups in total. The largest absolute Gasteiger partial charge is 0.497 e. The minimum Gasteiger partial charge on any atom is -0.497 e. The lowest BCUT2D eigenvalue weighted by Crippen LogP contribution is -2.25. The van der Waals surface area contributed by atoms with Gasteiger partial charge in [-0.2, -0.15) is 5.10 Å². The predicted molar refractivity (Wildman–Crippen MR) is 100 cm³/mol. The number of rotatable bonds is 4. The van der Waals surface area contributed by atoms with Crippen molar-refractivity contribution in [3.63, 3.8) is 0 Å². The molecule has 0 atom stereocenters. The lowest BCUT2D eigenvalue weighted by Gasteiger charge is -2.19. The monoisotopic (exact) mass is 366 g/mol. The van der Waals surface area contributed by atoms with Crippen LogP contribution in [-0.2, 0) is 13.0 Å². The number of nitrogens with one attached hydrogen (secondary N) is 3. The van der Waals surface area contributed by atoms with E-state index in [-0.39, 0.29) is 11.5 Å². The number of carbonyl (C=O) groups is 1. The maximum atomic E-state index is 14.8. The molecule has 0 unspecified atom stereocenters. The van der Waals surface area contributed by atoms with E-state index in [1.165, 1.54) is 6.20 Å². The average Bonchev–Trinajstić information content (AvgIpc) is 3.20. The van der Waals surface area contributed by atoms with Crippen LogP contribution in [-0.4, -0.2) is 29.8 Å². The molecular weight excluding hydrogens is 347 g/mol. The first-order chi connectivity index (χ1) is 13.2. The lowest BCUT2D eigenvalue weighted by molar-refractivity contribution is 0.102. The number of H-pyrrole nitrogens is 1. The second kappa shape index (κ2) is 7.20. The molecule has 0 bridgehead atoms. The number of halogens is 1. The molecule has 27 heavy (non-hydrogen) atoms. The number of nitrogens with zero attached hydrogens (tertiary/aromatic N) is 1. The van der Waals surface area contributed by atoms with Gasteiger partial charge in [-0.3, -0.25) is 9.89 Å². The third-order valence-corrected chi connectivity index (χ3v) is 4.72. The van der Waals surface area contributed by atoms with Gasteiger partial charge in [-0.25, -0.2) is 4.39 Å². The fourth-order valence-corrected chi connectivity index (χ4v) is 3.26. The van der Waals surface area contributed by atoms with Crippen molar-refractivity contribution in [3.8, 4) is 17.0 Å². The van der Waals surface area contributed by atoms with Crippen molar-refractivity contribution in [2.75, 3.05) is 19.0 Å². The maximum Gasteiger partial charge on any atom is 0.259 e. The van der Waals surface area contributed by atoms with Gasteiger partial charge in [0, 0.05) is 12.1 Å². The number of hydrogen-bond acceptors (Lipinski definition) is 4. The lowest BCUT2D eigenvalue weighted by atomic mass is 9.99. The van der Waals surface area contributed by atoms with E-state index >= 15 is 0 Å². The van der Waals surface area contributed by atoms with Crippen LogP contribution < -0.4 is 15.4 Å². The molecule has 0 spiro atoms. The summed E-state index contributed by atoms with van der Waals surface area (Å²) < 4.78 is 19.9. The van der Waals surface area contributed by atoms with Gasteiger partial charge in [0.2, 0.25) is 0 Å². The van der Waals surface area contributed by atoms with Crippen molar-refractivity contribution in [2.45, 2.75) is 13.0 Å². The summed E-state index contributed by atoms with van der Waals surface area (Å²) in [5, 5.41) is 12.7. The molecule has 1 amide bonds. The first-order valence-corrected chi connectivity index (χ1v) is 8.67. The number of aromatic nitrogens is 2. The Balaban J connectivity index is 1.60. The normalized spacial score (nSPS) is 13.1. The molecule has 1 aliphatic heterocycles. The van der Waals surface area contributed by atoms with Gasteiger partial charge < -0.3 is 15.4 Å². The average molecular weight is 366 g/mol. The van der Waals surface area contributed by atoms with E-state index in [4.69, 9.17) is 4.74 Å². The Labute approximate surface area is 155 Å². The smallest absolute Gasteiger partial charge is 0.259 e. The third kappa shape index (κ3) is 3.29. The molecule has 7 heteroatoms. The Morgan fingerprint density at radius 2 is 2.04 bits per heavy atom. The highest BCUT2D eigenvalue weighted by atomic mass is 19.1. The molecule has 6 nitrogen and oxygen atoms in total. The number of ether oxygens (including phenoxy) is 1. The van der Waals surface area contributed by atoms with Gasteiger partial charge >= 0.3 is 0 Å². The fourth-order valence-electron chi connectivity index (χ4n) is 3.26. The number of aromatic amines is 1. The zero-order chi connectivity index (χ0) is 18.8. The van der Waals surface area contributed by atoms with Gasteiger partial charge in [-0.05, 0) is 54.4 Å². The summed E-state index contributed by atoms with van der Waals surface area (Å²) in [7, 11) is 1.59. The molecule has 0 saturated carbocycles. The van der Waals surface area contributed by atoms with Gasteiger partial charge in [-0.15, -0.1) is 0 Å². The maximum absolute atomic E-state index is 14.8. The van der Waals surface area contributed by atoms with E-state index in [2.05, 4.69) is 20.8 Å². The molecule has 1 aromatic heterocycles. The number of carbonyl (C=O) groups excluding carboxylic acids is 1. The van der Waals surface area contributed by atoms with E-state index < -0.39 is 5.91 Å². The Hall–Kier alpha value is -3.19. The first kappa shape index (κ1) is 17.2. The molecule has 4 rings (SSSR count). The molecule has 3 aromatic rings. The van der Waals surface area contributed by atoms with E-state index in [1.807, 2.05) is 18.2 Å². The SMILES string of the molecule is COc1ccc(-c2[nH]ncc2C(=O)Nc2ccc3c(c2F)CCNC3)cc1. The predicted octanol–water partition coefficient (Wildman–Crippen LogP) is 3.12. The van der Waals surface area contributed by atoms with Crippen molar-refractivity contribution in [2.24, 2.45) is 0 Å². The Morgan fingerprint density at radius 3 is 2.81 bits per heavy atom. The van der Waals surface area contributed by atoms with E-state index in [9.17, 15) is 9.18 Å². The highest BCUT2D eigenvalue weighted by Gasteiger charge is 2.20. The summed E-state index contributed by atoms with van der Waals surface area (Å²) in [6.07, 6.45) is 2.04. The zero-order valence-corrected chi connectivity index (χ0v) is 14.8. The standard InChI is InChI=1S/C20H19FN4O2/c1-27-14-5-2-12(3-6-14)19-16(11-23-25-19)20(26)24-17-7-4-13-10-22-9-8-15(13)18(17)21/h2-7,11,22H,8-10H2,1H3,(H,23,25)(H,24,26). The van der Waals surface area contributed by atoms with Crippen LogP contribution in [0.25, 0.3) is 11.3 Å². The summed E-state index contributed by atoms with van der Waals surface area (Å²) in [6, 6.07) is 10.7. The Morgan fingerprint density at radius 1 is 1.22 bits per heavy atom. The number of hydrogen-bond donors (Lipinski definition) is 3. The first-order valence-electron chi connectivity index (χ1n) is 8.67. The summed E-state index contributed by atoms with van der Waals surface area (Å²) in [5.74, 6) is -0.0610. The quantitative estimate of drug-likeness (QED) is 0.663. The van der Waals surface area contributed by atoms with Gasteiger partial charge in [0.25, 0.3) is 5.91 Å². The highest BCUT2D eigenvalue weighted by Crippen LogP contribution is 2.27. The number of anilines is 1. The molecule has 138 valence electrons. The third-order valence-electron chi connectivity index (χ3n) is 4.72. The van der Waals surface area contributed by atoms with E-state index in [1.54, 1.807) is 25.3 Å². The topological polar surface area (TPSA) is 79.0 Å². The van der Waals surface area contributed by atoms with Crippen LogP contribution in [0.15, 0.2) is 42.6 Å². The summed E-state index contributed by atoms with van der Waals surface area (Å²) in [6.45, 7) is 1.37. The Kier molecular flexibility index (Phi) is 4.60. The molecule has 0 saturated heterocycles. The molecule has 2 aromatic carbocycles. The molecule has 0 aliphatic carbocycles. The number of methoxy groups -OCH3 is 1. The van der Waals surface area contributed by atoms with Crippen LogP contribution in [0, 0.1) is 5.82 Å². The minimum atomic E-state index is -0.414. The van der Waals surface area contributed by atoms with Crippen LogP contribution >= 0.6 is 0 Å². The molecule has 0 radical (unpaired) electrons. The van der Waals surface area contributed by atoms with Crippen LogP contribution in [0.4, 0.5) is 10.1 Å². The summed E-state index contributed by atoms with van der Waals surface area (Å²) >= 11 is 0. The van der Waals surface area contributed by atoms with Gasteiger partial charge in [0.15, 0.2) is 0 Å². The summed E-state index contributed by atoms with van der Waals surface area (Å²) in [4.78, 5) is 12.7. The van der Waals surface area contributed by atoms with Crippen molar-refractivity contribution < 1.29 is 13.9 Å². The highest BCUT2D eigenvalue weighted by molar-refractivity contribution is 6.08. The second-order valence-electron chi connectivity index (χ2n) is 6.33. The fraction of sp³-hybridized carbons (Fsp3) is 0.200. The molecular formula is C20H19FN4O2. The minimum absolute atomic E-state index is 0.183. The molecule has 1 aliphatic rings. The Bertz CT molecular complexity index is 982. The second-order valence-corrected chi connectivity index (χ2v) is 6.33.